The van der Waals surface area contributed by atoms with Gasteiger partial charge in [0.1, 0.15) is 17.4 Å². The number of carbonyl (C=O) groups excluding carboxylic acids is 1. The van der Waals surface area contributed by atoms with Crippen molar-refractivity contribution in [1.29, 1.82) is 0 Å². The molecule has 0 aliphatic rings. The zero-order valence-corrected chi connectivity index (χ0v) is 26.3. The fourth-order valence-electron chi connectivity index (χ4n) is 5.16. The van der Waals surface area contributed by atoms with Crippen LogP contribution in [0.25, 0.3) is 22.0 Å². The first-order chi connectivity index (χ1) is 21.6. The van der Waals surface area contributed by atoms with Crippen LogP contribution in [0, 0.1) is 5.82 Å². The summed E-state index contributed by atoms with van der Waals surface area (Å²) in [5, 5.41) is 26.5. The molecule has 230 valence electrons. The Labute approximate surface area is 267 Å². The highest BCUT2D eigenvalue weighted by atomic mass is 35.5. The molecule has 1 amide bonds. The van der Waals surface area contributed by atoms with E-state index >= 15 is 0 Å². The molecule has 0 radical (unpaired) electrons. The molecule has 0 aliphatic heterocycles. The first-order valence-electron chi connectivity index (χ1n) is 14.5. The number of benzene rings is 4. The number of carbonyl (C=O) groups is 1. The summed E-state index contributed by atoms with van der Waals surface area (Å²) in [6.07, 6.45) is 3.41. The molecule has 5 aromatic rings. The topological polar surface area (TPSA) is 85.7 Å². The summed E-state index contributed by atoms with van der Waals surface area (Å²) in [5.41, 5.74) is 2.14. The van der Waals surface area contributed by atoms with Crippen LogP contribution in [0.15, 0.2) is 122 Å². The number of aromatic hydroxyl groups is 1. The maximum Gasteiger partial charge on any atom is 0.256 e. The van der Waals surface area contributed by atoms with Gasteiger partial charge in [0.2, 0.25) is 0 Å². The average Bonchev–Trinajstić information content (AvgIpc) is 3.05. The van der Waals surface area contributed by atoms with E-state index in [1.54, 1.807) is 66.7 Å². The molecule has 3 N–H and O–H groups in total. The van der Waals surface area contributed by atoms with Gasteiger partial charge >= 0.3 is 0 Å². The molecule has 1 unspecified atom stereocenters. The lowest BCUT2D eigenvalue weighted by Crippen LogP contribution is -2.36. The molecule has 0 spiro atoms. The summed E-state index contributed by atoms with van der Waals surface area (Å²) in [4.78, 5) is 19.4. The van der Waals surface area contributed by atoms with Crippen LogP contribution in [0.2, 0.25) is 5.02 Å². The van der Waals surface area contributed by atoms with Gasteiger partial charge in [-0.15, -0.1) is 0 Å². The van der Waals surface area contributed by atoms with E-state index < -0.39 is 17.3 Å². The van der Waals surface area contributed by atoms with Crippen molar-refractivity contribution in [2.24, 2.45) is 0 Å². The first-order valence-corrected chi connectivity index (χ1v) is 14.8. The van der Waals surface area contributed by atoms with Gasteiger partial charge in [0.15, 0.2) is 5.60 Å². The Hall–Kier alpha value is -4.98. The minimum Gasteiger partial charge on any atom is -0.508 e. The molecule has 1 aromatic heterocycles. The molecule has 0 aliphatic carbocycles. The Morgan fingerprint density at radius 3 is 2.31 bits per heavy atom. The van der Waals surface area contributed by atoms with Crippen molar-refractivity contribution in [3.63, 3.8) is 0 Å². The lowest BCUT2D eigenvalue weighted by Gasteiger charge is -2.36. The Morgan fingerprint density at radius 2 is 1.67 bits per heavy atom. The number of amides is 1. The predicted octanol–water partition coefficient (Wildman–Crippen LogP) is 8.89. The quantitative estimate of drug-likeness (QED) is 0.161. The van der Waals surface area contributed by atoms with Gasteiger partial charge in [-0.25, -0.2) is 9.37 Å². The van der Waals surface area contributed by atoms with Gasteiger partial charge in [0, 0.05) is 23.0 Å². The number of rotatable bonds is 8. The van der Waals surface area contributed by atoms with Crippen LogP contribution in [0.4, 0.5) is 10.2 Å². The molecule has 8 heteroatoms. The fraction of sp³-hybridized carbons (Fsp3) is 0.135. The van der Waals surface area contributed by atoms with Crippen LogP contribution < -0.4 is 5.32 Å². The normalized spacial score (nSPS) is 12.5. The maximum atomic E-state index is 13.8. The third-order valence-electron chi connectivity index (χ3n) is 7.27. The number of hydrogen-bond donors (Lipinski definition) is 3. The molecule has 0 saturated carbocycles. The zero-order valence-electron chi connectivity index (χ0n) is 25.6. The Balaban J connectivity index is 0.00000226. The van der Waals surface area contributed by atoms with Crippen LogP contribution >= 0.6 is 11.6 Å². The Kier molecular flexibility index (Phi) is 10.4. The van der Waals surface area contributed by atoms with E-state index in [0.29, 0.717) is 38.3 Å². The van der Waals surface area contributed by atoms with Crippen molar-refractivity contribution in [1.82, 2.24) is 9.88 Å². The van der Waals surface area contributed by atoms with Crippen molar-refractivity contribution in [3.8, 4) is 16.9 Å². The van der Waals surface area contributed by atoms with Gasteiger partial charge in [-0.3, -0.25) is 4.79 Å². The molecule has 45 heavy (non-hydrogen) atoms. The SMILES string of the molecule is C=CN(C)/C(=C\C)C(O)(c1ccc(O)cc1)c1ccc2nc(NC(=O)c3cccc(F)c3)cc(-c3cccc(Cl)c3)c2c1.CC. The van der Waals surface area contributed by atoms with Gasteiger partial charge in [-0.2, -0.15) is 0 Å². The monoisotopic (exact) mass is 623 g/mol. The van der Waals surface area contributed by atoms with Crippen LogP contribution in [-0.2, 0) is 5.60 Å². The van der Waals surface area contributed by atoms with Crippen LogP contribution in [0.3, 0.4) is 0 Å². The third kappa shape index (κ3) is 6.90. The molecule has 1 atom stereocenters. The maximum absolute atomic E-state index is 13.8. The van der Waals surface area contributed by atoms with Gasteiger partial charge in [0.05, 0.1) is 11.2 Å². The van der Waals surface area contributed by atoms with E-state index in [4.69, 9.17) is 11.6 Å². The Morgan fingerprint density at radius 1 is 0.978 bits per heavy atom. The van der Waals surface area contributed by atoms with Crippen molar-refractivity contribution < 1.29 is 19.4 Å². The highest BCUT2D eigenvalue weighted by Gasteiger charge is 2.37. The summed E-state index contributed by atoms with van der Waals surface area (Å²) >= 11 is 6.37. The Bertz CT molecular complexity index is 1870. The molecule has 0 fully saturated rings. The number of likely N-dealkylation sites (N-methyl/N-ethyl adjacent to an activating group) is 1. The van der Waals surface area contributed by atoms with Crippen molar-refractivity contribution in [3.05, 3.63) is 149 Å². The van der Waals surface area contributed by atoms with Gasteiger partial charge in [-0.1, -0.05) is 74.5 Å². The van der Waals surface area contributed by atoms with E-state index in [9.17, 15) is 19.4 Å². The number of phenolic OH excluding ortho intramolecular Hbond substituents is 1. The molecule has 5 rings (SSSR count). The summed E-state index contributed by atoms with van der Waals surface area (Å²) in [7, 11) is 1.79. The fourth-order valence-corrected chi connectivity index (χ4v) is 5.35. The number of pyridine rings is 1. The third-order valence-corrected chi connectivity index (χ3v) is 7.51. The average molecular weight is 624 g/mol. The molecular weight excluding hydrogens is 589 g/mol. The van der Waals surface area contributed by atoms with Crippen LogP contribution in [-0.4, -0.2) is 33.1 Å². The molecular formula is C37H35ClFN3O3. The summed E-state index contributed by atoms with van der Waals surface area (Å²) in [6.45, 7) is 9.70. The summed E-state index contributed by atoms with van der Waals surface area (Å²) in [5.74, 6) is -0.690. The van der Waals surface area contributed by atoms with Crippen LogP contribution in [0.5, 0.6) is 5.75 Å². The number of hydrogen-bond acceptors (Lipinski definition) is 5. The predicted molar refractivity (Wildman–Crippen MR) is 181 cm³/mol. The molecule has 0 bridgehead atoms. The number of halogens is 2. The zero-order chi connectivity index (χ0) is 32.7. The number of anilines is 1. The minimum atomic E-state index is -1.64. The summed E-state index contributed by atoms with van der Waals surface area (Å²) < 4.78 is 13.8. The number of nitrogens with one attached hydrogen (secondary N) is 1. The molecule has 4 aromatic carbocycles. The number of phenols is 1. The van der Waals surface area contributed by atoms with Gasteiger partial charge in [-0.05, 0) is 96.0 Å². The van der Waals surface area contributed by atoms with E-state index in [1.807, 2.05) is 39.0 Å². The number of fused-ring (bicyclic) bond motifs is 1. The minimum absolute atomic E-state index is 0.0731. The second kappa shape index (κ2) is 14.2. The second-order valence-electron chi connectivity index (χ2n) is 9.99. The molecule has 0 saturated heterocycles. The lowest BCUT2D eigenvalue weighted by atomic mass is 9.81. The van der Waals surface area contributed by atoms with E-state index in [-0.39, 0.29) is 17.1 Å². The first kappa shape index (κ1) is 32.9. The largest absolute Gasteiger partial charge is 0.508 e. The van der Waals surface area contributed by atoms with Crippen molar-refractivity contribution in [2.45, 2.75) is 26.4 Å². The smallest absolute Gasteiger partial charge is 0.256 e. The van der Waals surface area contributed by atoms with E-state index in [1.165, 1.54) is 30.3 Å². The lowest BCUT2D eigenvalue weighted by molar-refractivity contribution is 0.0969. The molecule has 6 nitrogen and oxygen atoms in total. The highest BCUT2D eigenvalue weighted by Crippen LogP contribution is 2.41. The van der Waals surface area contributed by atoms with Crippen LogP contribution in [0.1, 0.15) is 42.3 Å². The number of nitrogens with zero attached hydrogens (tertiary/aromatic N) is 2. The van der Waals surface area contributed by atoms with Gasteiger partial charge < -0.3 is 20.4 Å². The molecule has 1 heterocycles. The van der Waals surface area contributed by atoms with Crippen molar-refractivity contribution >= 4 is 34.2 Å². The summed E-state index contributed by atoms with van der Waals surface area (Å²) in [6, 6.07) is 26.2. The number of aromatic nitrogens is 1. The van der Waals surface area contributed by atoms with E-state index in [2.05, 4.69) is 16.9 Å². The standard InChI is InChI=1S/C35H29ClFN3O3.C2H6/c1-4-32(40(3)5-2)35(43,24-12-15-28(41)16-13-24)25-14-17-31-30(20-25)29(22-8-6-10-26(36)18-22)21-33(38-31)39-34(42)23-9-7-11-27(37)19-23;1-2/h4-21,41,43H,2H2,1,3H3,(H,38,39,42);1-2H3/b32-4-;. The number of allylic oxidation sites excluding steroid dienone is 1. The van der Waals surface area contributed by atoms with E-state index in [0.717, 1.165) is 11.6 Å². The second-order valence-corrected chi connectivity index (χ2v) is 10.4. The van der Waals surface area contributed by atoms with Gasteiger partial charge in [0.25, 0.3) is 5.91 Å². The van der Waals surface area contributed by atoms with Crippen molar-refractivity contribution in [2.75, 3.05) is 12.4 Å². The number of aliphatic hydroxyl groups is 1. The highest BCUT2D eigenvalue weighted by molar-refractivity contribution is 6.31.